The Morgan fingerprint density at radius 3 is 2.56 bits per heavy atom. The van der Waals surface area contributed by atoms with E-state index >= 15 is 0 Å². The molecule has 0 aliphatic carbocycles. The number of hydrogen-bond acceptors (Lipinski definition) is 6. The number of imidazole rings is 1. The summed E-state index contributed by atoms with van der Waals surface area (Å²) in [6.45, 7) is 1.56. The van der Waals surface area contributed by atoms with Gasteiger partial charge in [-0.1, -0.05) is 30.3 Å². The molecular formula is C18H22N4O5. The second-order valence-corrected chi connectivity index (χ2v) is 5.79. The van der Waals surface area contributed by atoms with Gasteiger partial charge in [-0.3, -0.25) is 4.79 Å². The molecule has 144 valence electrons. The molecule has 0 unspecified atom stereocenters. The van der Waals surface area contributed by atoms with Crippen molar-refractivity contribution >= 4 is 18.0 Å². The maximum absolute atomic E-state index is 12.5. The van der Waals surface area contributed by atoms with E-state index < -0.39 is 30.1 Å². The molecule has 0 aliphatic rings. The molecule has 1 heterocycles. The molecule has 0 saturated carbocycles. The first-order valence-electron chi connectivity index (χ1n) is 8.32. The van der Waals surface area contributed by atoms with Crippen LogP contribution in [0.2, 0.25) is 0 Å². The zero-order chi connectivity index (χ0) is 19.6. The quantitative estimate of drug-likeness (QED) is 0.591. The Bertz CT molecular complexity index is 748. The third-order valence-corrected chi connectivity index (χ3v) is 3.71. The van der Waals surface area contributed by atoms with E-state index in [1.165, 1.54) is 20.4 Å². The van der Waals surface area contributed by atoms with Crippen LogP contribution in [0, 0.1) is 0 Å². The lowest BCUT2D eigenvalue weighted by Gasteiger charge is -2.20. The largest absolute Gasteiger partial charge is 0.467 e. The fourth-order valence-electron chi connectivity index (χ4n) is 2.28. The lowest BCUT2D eigenvalue weighted by atomic mass is 10.1. The fourth-order valence-corrected chi connectivity index (χ4v) is 2.28. The predicted molar refractivity (Wildman–Crippen MR) is 95.5 cm³/mol. The fraction of sp³-hybridized carbons (Fsp3) is 0.333. The number of nitrogens with one attached hydrogen (secondary N) is 3. The van der Waals surface area contributed by atoms with Gasteiger partial charge in [-0.05, 0) is 12.5 Å². The molecule has 0 saturated heterocycles. The van der Waals surface area contributed by atoms with Crippen molar-refractivity contribution in [3.63, 3.8) is 0 Å². The third kappa shape index (κ3) is 6.46. The minimum absolute atomic E-state index is 0.0730. The normalized spacial score (nSPS) is 12.5. The van der Waals surface area contributed by atoms with Crippen LogP contribution < -0.4 is 10.6 Å². The van der Waals surface area contributed by atoms with Crippen LogP contribution >= 0.6 is 0 Å². The van der Waals surface area contributed by atoms with Gasteiger partial charge in [-0.2, -0.15) is 0 Å². The van der Waals surface area contributed by atoms with Crippen molar-refractivity contribution in [2.45, 2.75) is 32.0 Å². The first-order valence-corrected chi connectivity index (χ1v) is 8.32. The highest BCUT2D eigenvalue weighted by molar-refractivity contribution is 5.89. The monoisotopic (exact) mass is 374 g/mol. The standard InChI is InChI=1S/C18H22N4O5/c1-12(17(24)26-2)21-16(23)15(8-14-9-19-11-20-14)22-18(25)27-10-13-6-4-3-5-7-13/h3-7,9,11-12,15H,8,10H2,1-2H3,(H,19,20)(H,21,23)(H,22,25)/t12-,15+/m1/s1. The molecule has 0 bridgehead atoms. The second-order valence-electron chi connectivity index (χ2n) is 5.79. The van der Waals surface area contributed by atoms with Crippen molar-refractivity contribution < 1.29 is 23.9 Å². The molecule has 1 aromatic carbocycles. The molecule has 3 N–H and O–H groups in total. The molecule has 0 aliphatic heterocycles. The number of aromatic amines is 1. The first kappa shape index (κ1) is 20.0. The minimum atomic E-state index is -0.958. The first-order chi connectivity index (χ1) is 13.0. The smallest absolute Gasteiger partial charge is 0.408 e. The van der Waals surface area contributed by atoms with E-state index in [0.717, 1.165) is 5.56 Å². The Labute approximate surface area is 156 Å². The SMILES string of the molecule is COC(=O)[C@@H](C)NC(=O)[C@H](Cc1cnc[nH]1)NC(=O)OCc1ccccc1. The summed E-state index contributed by atoms with van der Waals surface area (Å²) in [6, 6.07) is 7.35. The van der Waals surface area contributed by atoms with Crippen LogP contribution in [0.1, 0.15) is 18.2 Å². The van der Waals surface area contributed by atoms with Crippen LogP contribution in [-0.2, 0) is 32.1 Å². The van der Waals surface area contributed by atoms with E-state index in [-0.39, 0.29) is 13.0 Å². The Morgan fingerprint density at radius 2 is 1.93 bits per heavy atom. The number of esters is 1. The molecular weight excluding hydrogens is 352 g/mol. The van der Waals surface area contributed by atoms with Gasteiger partial charge in [-0.15, -0.1) is 0 Å². The number of nitrogens with zero attached hydrogens (tertiary/aromatic N) is 1. The van der Waals surface area contributed by atoms with Crippen LogP contribution in [0.25, 0.3) is 0 Å². The molecule has 2 amide bonds. The van der Waals surface area contributed by atoms with Crippen molar-refractivity contribution in [3.05, 3.63) is 54.1 Å². The van der Waals surface area contributed by atoms with Crippen molar-refractivity contribution in [2.24, 2.45) is 0 Å². The molecule has 0 radical (unpaired) electrons. The van der Waals surface area contributed by atoms with E-state index in [9.17, 15) is 14.4 Å². The number of amides is 2. The average Bonchev–Trinajstić information content (AvgIpc) is 3.19. The van der Waals surface area contributed by atoms with Crippen LogP contribution in [-0.4, -0.2) is 47.1 Å². The van der Waals surface area contributed by atoms with Crippen LogP contribution in [0.15, 0.2) is 42.9 Å². The molecule has 9 heteroatoms. The number of hydrogen-bond donors (Lipinski definition) is 3. The Morgan fingerprint density at radius 1 is 1.19 bits per heavy atom. The number of H-pyrrole nitrogens is 1. The summed E-state index contributed by atoms with van der Waals surface area (Å²) in [5.74, 6) is -1.13. The molecule has 27 heavy (non-hydrogen) atoms. The van der Waals surface area contributed by atoms with Gasteiger partial charge >= 0.3 is 12.1 Å². The van der Waals surface area contributed by atoms with E-state index in [1.807, 2.05) is 30.3 Å². The van der Waals surface area contributed by atoms with E-state index in [4.69, 9.17) is 4.74 Å². The summed E-state index contributed by atoms with van der Waals surface area (Å²) in [4.78, 5) is 42.8. The third-order valence-electron chi connectivity index (χ3n) is 3.71. The van der Waals surface area contributed by atoms with Gasteiger partial charge in [0, 0.05) is 18.3 Å². The second kappa shape index (κ2) is 9.95. The topological polar surface area (TPSA) is 122 Å². The van der Waals surface area contributed by atoms with Gasteiger partial charge in [0.05, 0.1) is 13.4 Å². The molecule has 2 atom stereocenters. The number of rotatable bonds is 8. The number of alkyl carbamates (subject to hydrolysis) is 1. The van der Waals surface area contributed by atoms with Crippen molar-refractivity contribution in [1.29, 1.82) is 0 Å². The van der Waals surface area contributed by atoms with Gasteiger partial charge < -0.3 is 25.1 Å². The highest BCUT2D eigenvalue weighted by Crippen LogP contribution is 2.03. The Kier molecular flexibility index (Phi) is 7.36. The summed E-state index contributed by atoms with van der Waals surface area (Å²) in [6.07, 6.45) is 2.42. The summed E-state index contributed by atoms with van der Waals surface area (Å²) < 4.78 is 9.74. The zero-order valence-electron chi connectivity index (χ0n) is 15.1. The lowest BCUT2D eigenvalue weighted by molar-refractivity contribution is -0.144. The number of aromatic nitrogens is 2. The summed E-state index contributed by atoms with van der Waals surface area (Å²) >= 11 is 0. The Hall–Kier alpha value is -3.36. The van der Waals surface area contributed by atoms with Crippen molar-refractivity contribution in [1.82, 2.24) is 20.6 Å². The van der Waals surface area contributed by atoms with Gasteiger partial charge in [0.1, 0.15) is 18.7 Å². The lowest BCUT2D eigenvalue weighted by Crippen LogP contribution is -2.52. The predicted octanol–water partition coefficient (Wildman–Crippen LogP) is 0.925. The molecule has 0 fully saturated rings. The summed E-state index contributed by atoms with van der Waals surface area (Å²) in [5.41, 5.74) is 1.46. The van der Waals surface area contributed by atoms with E-state index in [0.29, 0.717) is 5.69 Å². The molecule has 0 spiro atoms. The maximum Gasteiger partial charge on any atom is 0.408 e. The molecule has 9 nitrogen and oxygen atoms in total. The van der Waals surface area contributed by atoms with Crippen LogP contribution in [0.4, 0.5) is 4.79 Å². The van der Waals surface area contributed by atoms with Crippen molar-refractivity contribution in [3.8, 4) is 0 Å². The summed E-state index contributed by atoms with van der Waals surface area (Å²) in [5, 5.41) is 5.02. The molecule has 2 rings (SSSR count). The average molecular weight is 374 g/mol. The van der Waals surface area contributed by atoms with Gasteiger partial charge in [0.25, 0.3) is 0 Å². The van der Waals surface area contributed by atoms with Gasteiger partial charge in [0.2, 0.25) is 5.91 Å². The Balaban J connectivity index is 1.97. The summed E-state index contributed by atoms with van der Waals surface area (Å²) in [7, 11) is 1.23. The maximum atomic E-state index is 12.5. The highest BCUT2D eigenvalue weighted by Gasteiger charge is 2.26. The minimum Gasteiger partial charge on any atom is -0.467 e. The molecule has 1 aromatic heterocycles. The number of ether oxygens (including phenoxy) is 2. The van der Waals surface area contributed by atoms with Crippen LogP contribution in [0.3, 0.4) is 0 Å². The van der Waals surface area contributed by atoms with E-state index in [2.05, 4.69) is 25.3 Å². The van der Waals surface area contributed by atoms with Crippen LogP contribution in [0.5, 0.6) is 0 Å². The molecule has 2 aromatic rings. The number of carbonyl (C=O) groups is 3. The number of carbonyl (C=O) groups excluding carboxylic acids is 3. The highest BCUT2D eigenvalue weighted by atomic mass is 16.5. The zero-order valence-corrected chi connectivity index (χ0v) is 15.1. The van der Waals surface area contributed by atoms with Gasteiger partial charge in [-0.25, -0.2) is 14.6 Å². The number of benzene rings is 1. The number of methoxy groups -OCH3 is 1. The van der Waals surface area contributed by atoms with Crippen molar-refractivity contribution in [2.75, 3.05) is 7.11 Å². The van der Waals surface area contributed by atoms with E-state index in [1.54, 1.807) is 6.20 Å². The van der Waals surface area contributed by atoms with Gasteiger partial charge in [0.15, 0.2) is 0 Å².